The molecule has 2 aromatic rings. The van der Waals surface area contributed by atoms with Gasteiger partial charge < -0.3 is 14.5 Å². The van der Waals surface area contributed by atoms with Crippen molar-refractivity contribution in [1.82, 2.24) is 5.32 Å². The van der Waals surface area contributed by atoms with E-state index in [0.29, 0.717) is 0 Å². The quantitative estimate of drug-likeness (QED) is 0.888. The number of likely N-dealkylation sites (N-methyl/N-ethyl adjacent to an activating group) is 1. The molecule has 0 saturated heterocycles. The van der Waals surface area contributed by atoms with E-state index in [0.717, 1.165) is 28.8 Å². The smallest absolute Gasteiger partial charge is 0.137 e. The molecule has 0 aliphatic rings. The lowest BCUT2D eigenvalue weighted by molar-refractivity contribution is -0.0160. The molecule has 1 N–H and O–H groups in total. The molecule has 0 aliphatic carbocycles. The SMILES string of the molecule is CCNC(c1cc2cccc(C)c2o1)C(C)(C)OC. The van der Waals surface area contributed by atoms with Crippen molar-refractivity contribution in [2.45, 2.75) is 39.3 Å². The lowest BCUT2D eigenvalue weighted by Gasteiger charge is -2.32. The summed E-state index contributed by atoms with van der Waals surface area (Å²) in [6, 6.07) is 8.35. The van der Waals surface area contributed by atoms with Crippen LogP contribution in [0.5, 0.6) is 0 Å². The first-order valence-electron chi connectivity index (χ1n) is 6.77. The van der Waals surface area contributed by atoms with Crippen molar-refractivity contribution >= 4 is 11.0 Å². The van der Waals surface area contributed by atoms with E-state index >= 15 is 0 Å². The van der Waals surface area contributed by atoms with E-state index in [1.54, 1.807) is 7.11 Å². The van der Waals surface area contributed by atoms with Crippen molar-refractivity contribution in [2.75, 3.05) is 13.7 Å². The van der Waals surface area contributed by atoms with Crippen LogP contribution < -0.4 is 5.32 Å². The highest BCUT2D eigenvalue weighted by Crippen LogP contribution is 2.33. The summed E-state index contributed by atoms with van der Waals surface area (Å²) in [4.78, 5) is 0. The Morgan fingerprint density at radius 2 is 2.11 bits per heavy atom. The van der Waals surface area contributed by atoms with Gasteiger partial charge >= 0.3 is 0 Å². The van der Waals surface area contributed by atoms with Gasteiger partial charge in [-0.15, -0.1) is 0 Å². The van der Waals surface area contributed by atoms with E-state index in [-0.39, 0.29) is 11.6 Å². The zero-order chi connectivity index (χ0) is 14.0. The van der Waals surface area contributed by atoms with Crippen LogP contribution in [0.25, 0.3) is 11.0 Å². The minimum absolute atomic E-state index is 0.0364. The standard InChI is InChI=1S/C16H23NO2/c1-6-17-15(16(3,4)18-5)13-10-12-9-7-8-11(2)14(12)19-13/h7-10,15,17H,6H2,1-5H3. The van der Waals surface area contributed by atoms with Crippen LogP contribution in [0.15, 0.2) is 28.7 Å². The number of ether oxygens (including phenoxy) is 1. The summed E-state index contributed by atoms with van der Waals surface area (Å²) in [6.07, 6.45) is 0. The molecule has 0 aliphatic heterocycles. The molecule has 0 radical (unpaired) electrons. The Labute approximate surface area is 114 Å². The lowest BCUT2D eigenvalue weighted by atomic mass is 9.96. The Bertz CT molecular complexity index is 557. The average Bonchev–Trinajstić information content (AvgIpc) is 2.80. The van der Waals surface area contributed by atoms with Crippen LogP contribution >= 0.6 is 0 Å². The molecule has 0 bridgehead atoms. The fourth-order valence-electron chi connectivity index (χ4n) is 2.38. The average molecular weight is 261 g/mol. The Morgan fingerprint density at radius 3 is 2.68 bits per heavy atom. The molecule has 0 saturated carbocycles. The predicted octanol–water partition coefficient (Wildman–Crippen LogP) is 3.82. The molecule has 1 aromatic heterocycles. The maximum absolute atomic E-state index is 6.06. The van der Waals surface area contributed by atoms with E-state index in [2.05, 4.69) is 57.3 Å². The van der Waals surface area contributed by atoms with Gasteiger partial charge in [-0.05, 0) is 38.9 Å². The van der Waals surface area contributed by atoms with Crippen molar-refractivity contribution in [1.29, 1.82) is 0 Å². The molecule has 0 spiro atoms. The van der Waals surface area contributed by atoms with Gasteiger partial charge in [0.25, 0.3) is 0 Å². The second kappa shape index (κ2) is 5.35. The van der Waals surface area contributed by atoms with E-state index in [9.17, 15) is 0 Å². The topological polar surface area (TPSA) is 34.4 Å². The monoisotopic (exact) mass is 261 g/mol. The fraction of sp³-hybridized carbons (Fsp3) is 0.500. The summed E-state index contributed by atoms with van der Waals surface area (Å²) in [5.74, 6) is 0.929. The van der Waals surface area contributed by atoms with E-state index in [1.807, 2.05) is 0 Å². The fourth-order valence-corrected chi connectivity index (χ4v) is 2.38. The molecule has 1 aromatic carbocycles. The molecule has 104 valence electrons. The minimum Gasteiger partial charge on any atom is -0.459 e. The predicted molar refractivity (Wildman–Crippen MR) is 78.5 cm³/mol. The second-order valence-corrected chi connectivity index (χ2v) is 5.44. The normalized spacial score (nSPS) is 13.9. The number of hydrogen-bond donors (Lipinski definition) is 1. The number of hydrogen-bond acceptors (Lipinski definition) is 3. The molecule has 1 heterocycles. The van der Waals surface area contributed by atoms with Crippen molar-refractivity contribution in [3.05, 3.63) is 35.6 Å². The third kappa shape index (κ3) is 2.67. The number of fused-ring (bicyclic) bond motifs is 1. The van der Waals surface area contributed by atoms with Crippen LogP contribution in [0.4, 0.5) is 0 Å². The van der Waals surface area contributed by atoms with Crippen LogP contribution in [0.2, 0.25) is 0 Å². The first-order chi connectivity index (χ1) is 8.99. The number of nitrogens with one attached hydrogen (secondary N) is 1. The number of para-hydroxylation sites is 1. The van der Waals surface area contributed by atoms with E-state index < -0.39 is 0 Å². The maximum atomic E-state index is 6.06. The molecule has 1 atom stereocenters. The first-order valence-corrected chi connectivity index (χ1v) is 6.77. The number of furan rings is 1. The third-order valence-corrected chi connectivity index (χ3v) is 3.67. The Hall–Kier alpha value is -1.32. The zero-order valence-electron chi connectivity index (χ0n) is 12.4. The van der Waals surface area contributed by atoms with Crippen LogP contribution in [0.1, 0.15) is 38.1 Å². The number of aryl methyl sites for hydroxylation is 1. The summed E-state index contributed by atoms with van der Waals surface area (Å²) < 4.78 is 11.7. The van der Waals surface area contributed by atoms with Crippen LogP contribution in [-0.4, -0.2) is 19.3 Å². The first kappa shape index (κ1) is 14.1. The molecular weight excluding hydrogens is 238 g/mol. The maximum Gasteiger partial charge on any atom is 0.137 e. The summed E-state index contributed by atoms with van der Waals surface area (Å²) in [6.45, 7) is 9.17. The van der Waals surface area contributed by atoms with Crippen molar-refractivity contribution in [2.24, 2.45) is 0 Å². The number of benzene rings is 1. The van der Waals surface area contributed by atoms with Gasteiger partial charge in [0.15, 0.2) is 0 Å². The lowest BCUT2D eigenvalue weighted by Crippen LogP contribution is -2.40. The molecule has 1 unspecified atom stereocenters. The molecule has 0 amide bonds. The van der Waals surface area contributed by atoms with Crippen LogP contribution in [-0.2, 0) is 4.74 Å². The van der Waals surface area contributed by atoms with Gasteiger partial charge in [-0.25, -0.2) is 0 Å². The largest absolute Gasteiger partial charge is 0.459 e. The molecule has 2 rings (SSSR count). The highest BCUT2D eigenvalue weighted by molar-refractivity contribution is 5.81. The van der Waals surface area contributed by atoms with E-state index in [4.69, 9.17) is 9.15 Å². The van der Waals surface area contributed by atoms with Gasteiger partial charge in [-0.1, -0.05) is 25.1 Å². The van der Waals surface area contributed by atoms with Gasteiger partial charge in [-0.3, -0.25) is 0 Å². The van der Waals surface area contributed by atoms with Crippen LogP contribution in [0, 0.1) is 6.92 Å². The molecular formula is C16H23NO2. The zero-order valence-corrected chi connectivity index (χ0v) is 12.4. The van der Waals surface area contributed by atoms with Crippen LogP contribution in [0.3, 0.4) is 0 Å². The second-order valence-electron chi connectivity index (χ2n) is 5.44. The highest BCUT2D eigenvalue weighted by Gasteiger charge is 2.32. The Morgan fingerprint density at radius 1 is 1.37 bits per heavy atom. The molecule has 19 heavy (non-hydrogen) atoms. The minimum atomic E-state index is -0.322. The van der Waals surface area contributed by atoms with Gasteiger partial charge in [0.1, 0.15) is 11.3 Å². The summed E-state index contributed by atoms with van der Waals surface area (Å²) in [7, 11) is 1.73. The summed E-state index contributed by atoms with van der Waals surface area (Å²) >= 11 is 0. The van der Waals surface area contributed by atoms with Gasteiger partial charge in [0.05, 0.1) is 11.6 Å². The Balaban J connectivity index is 2.48. The highest BCUT2D eigenvalue weighted by atomic mass is 16.5. The van der Waals surface area contributed by atoms with Gasteiger partial charge in [0, 0.05) is 12.5 Å². The molecule has 3 heteroatoms. The summed E-state index contributed by atoms with van der Waals surface area (Å²) in [5, 5.41) is 4.60. The summed E-state index contributed by atoms with van der Waals surface area (Å²) in [5.41, 5.74) is 1.80. The van der Waals surface area contributed by atoms with Crippen molar-refractivity contribution < 1.29 is 9.15 Å². The molecule has 3 nitrogen and oxygen atoms in total. The van der Waals surface area contributed by atoms with Gasteiger partial charge in [-0.2, -0.15) is 0 Å². The van der Waals surface area contributed by atoms with Crippen molar-refractivity contribution in [3.8, 4) is 0 Å². The third-order valence-electron chi connectivity index (χ3n) is 3.67. The van der Waals surface area contributed by atoms with Gasteiger partial charge in [0.2, 0.25) is 0 Å². The number of rotatable bonds is 5. The number of methoxy groups -OCH3 is 1. The van der Waals surface area contributed by atoms with E-state index in [1.165, 1.54) is 0 Å². The molecule has 0 fully saturated rings. The van der Waals surface area contributed by atoms with Crippen molar-refractivity contribution in [3.63, 3.8) is 0 Å². The Kier molecular flexibility index (Phi) is 3.97.